The standard InChI is InChI=1S/C19H30N2O4S/c1-3-5-12-25-13-8-11-20-19(22)18-14-16-9-6-7-10-17(16)15-21(18)26(23,24)4-2/h6-7,9-10,18H,3-5,8,11-15H2,1-2H3,(H,20,22). The molecule has 1 heterocycles. The molecule has 1 unspecified atom stereocenters. The molecular weight excluding hydrogens is 352 g/mol. The molecule has 0 radical (unpaired) electrons. The van der Waals surface area contributed by atoms with E-state index in [1.54, 1.807) is 6.92 Å². The van der Waals surface area contributed by atoms with Crippen molar-refractivity contribution in [1.29, 1.82) is 0 Å². The maximum atomic E-state index is 12.7. The van der Waals surface area contributed by atoms with E-state index in [0.717, 1.165) is 37.0 Å². The van der Waals surface area contributed by atoms with Crippen molar-refractivity contribution in [3.63, 3.8) is 0 Å². The van der Waals surface area contributed by atoms with Gasteiger partial charge in [-0.15, -0.1) is 0 Å². The fraction of sp³-hybridized carbons (Fsp3) is 0.632. The average Bonchev–Trinajstić information content (AvgIpc) is 2.66. The minimum Gasteiger partial charge on any atom is -0.381 e. The fourth-order valence-electron chi connectivity index (χ4n) is 3.03. The van der Waals surface area contributed by atoms with Crippen LogP contribution < -0.4 is 5.32 Å². The quantitative estimate of drug-likeness (QED) is 0.629. The zero-order valence-corrected chi connectivity index (χ0v) is 16.6. The molecule has 1 aliphatic heterocycles. The molecule has 0 spiro atoms. The van der Waals surface area contributed by atoms with Gasteiger partial charge in [-0.2, -0.15) is 4.31 Å². The molecule has 1 atom stereocenters. The number of ether oxygens (including phenoxy) is 1. The van der Waals surface area contributed by atoms with E-state index in [9.17, 15) is 13.2 Å². The minimum absolute atomic E-state index is 0.00971. The zero-order valence-electron chi connectivity index (χ0n) is 15.7. The second-order valence-corrected chi connectivity index (χ2v) is 8.76. The van der Waals surface area contributed by atoms with Crippen LogP contribution in [-0.4, -0.2) is 50.2 Å². The smallest absolute Gasteiger partial charge is 0.238 e. The van der Waals surface area contributed by atoms with Gasteiger partial charge in [0.25, 0.3) is 0 Å². The molecule has 0 saturated heterocycles. The summed E-state index contributed by atoms with van der Waals surface area (Å²) < 4.78 is 31.8. The predicted molar refractivity (Wildman–Crippen MR) is 102 cm³/mol. The first kappa shape index (κ1) is 20.9. The predicted octanol–water partition coefficient (Wildman–Crippen LogP) is 2.09. The van der Waals surface area contributed by atoms with Crippen LogP contribution >= 0.6 is 0 Å². The molecule has 0 bridgehead atoms. The highest BCUT2D eigenvalue weighted by Crippen LogP contribution is 2.26. The second kappa shape index (κ2) is 10.0. The van der Waals surface area contributed by atoms with Crippen LogP contribution in [0.15, 0.2) is 24.3 Å². The van der Waals surface area contributed by atoms with Crippen LogP contribution in [0.4, 0.5) is 0 Å². The summed E-state index contributed by atoms with van der Waals surface area (Å²) in [4.78, 5) is 12.7. The van der Waals surface area contributed by atoms with Crippen LogP contribution in [0, 0.1) is 0 Å². The van der Waals surface area contributed by atoms with E-state index in [1.165, 1.54) is 4.31 Å². The summed E-state index contributed by atoms with van der Waals surface area (Å²) in [7, 11) is -3.46. The van der Waals surface area contributed by atoms with E-state index >= 15 is 0 Å². The number of benzene rings is 1. The number of fused-ring (bicyclic) bond motifs is 1. The topological polar surface area (TPSA) is 75.7 Å². The first-order chi connectivity index (χ1) is 12.5. The third kappa shape index (κ3) is 5.53. The second-order valence-electron chi connectivity index (χ2n) is 6.54. The van der Waals surface area contributed by atoms with Crippen molar-refractivity contribution in [3.05, 3.63) is 35.4 Å². The summed E-state index contributed by atoms with van der Waals surface area (Å²) in [6.07, 6.45) is 3.27. The van der Waals surface area contributed by atoms with Crippen molar-refractivity contribution in [2.45, 2.75) is 52.1 Å². The number of sulfonamides is 1. The van der Waals surface area contributed by atoms with E-state index in [-0.39, 0.29) is 18.2 Å². The molecule has 1 N–H and O–H groups in total. The van der Waals surface area contributed by atoms with Crippen molar-refractivity contribution < 1.29 is 17.9 Å². The highest BCUT2D eigenvalue weighted by atomic mass is 32.2. The van der Waals surface area contributed by atoms with Gasteiger partial charge in [-0.25, -0.2) is 8.42 Å². The Morgan fingerprint density at radius 1 is 1.19 bits per heavy atom. The summed E-state index contributed by atoms with van der Waals surface area (Å²) in [6, 6.07) is 7.03. The van der Waals surface area contributed by atoms with E-state index < -0.39 is 16.1 Å². The van der Waals surface area contributed by atoms with E-state index in [4.69, 9.17) is 4.74 Å². The maximum Gasteiger partial charge on any atom is 0.238 e. The Kier molecular flexibility index (Phi) is 8.06. The molecule has 0 fully saturated rings. The van der Waals surface area contributed by atoms with Crippen molar-refractivity contribution in [1.82, 2.24) is 9.62 Å². The van der Waals surface area contributed by atoms with Gasteiger partial charge in [0.05, 0.1) is 5.75 Å². The fourth-order valence-corrected chi connectivity index (χ4v) is 4.26. The summed E-state index contributed by atoms with van der Waals surface area (Å²) in [5.74, 6) is -0.241. The van der Waals surface area contributed by atoms with Crippen LogP contribution in [0.1, 0.15) is 44.2 Å². The lowest BCUT2D eigenvalue weighted by molar-refractivity contribution is -0.125. The molecule has 0 aliphatic carbocycles. The molecule has 7 heteroatoms. The number of nitrogens with zero attached hydrogens (tertiary/aromatic N) is 1. The lowest BCUT2D eigenvalue weighted by Gasteiger charge is -2.34. The SMILES string of the molecule is CCCCOCCCNC(=O)C1Cc2ccccc2CN1S(=O)(=O)CC. The van der Waals surface area contributed by atoms with Gasteiger partial charge >= 0.3 is 0 Å². The molecule has 2 rings (SSSR count). The minimum atomic E-state index is -3.46. The third-order valence-electron chi connectivity index (χ3n) is 4.64. The average molecular weight is 383 g/mol. The van der Waals surface area contributed by atoms with Gasteiger partial charge in [-0.3, -0.25) is 4.79 Å². The summed E-state index contributed by atoms with van der Waals surface area (Å²) in [5.41, 5.74) is 2.01. The van der Waals surface area contributed by atoms with Gasteiger partial charge in [0.2, 0.25) is 15.9 Å². The molecule has 1 amide bonds. The van der Waals surface area contributed by atoms with Gasteiger partial charge in [-0.05, 0) is 37.3 Å². The van der Waals surface area contributed by atoms with E-state index in [1.807, 2.05) is 24.3 Å². The normalized spacial score (nSPS) is 17.7. The monoisotopic (exact) mass is 382 g/mol. The van der Waals surface area contributed by atoms with Crippen molar-refractivity contribution in [2.75, 3.05) is 25.5 Å². The molecule has 1 aromatic carbocycles. The van der Waals surface area contributed by atoms with Gasteiger partial charge in [-0.1, -0.05) is 37.6 Å². The van der Waals surface area contributed by atoms with Crippen LogP contribution in [0.3, 0.4) is 0 Å². The lowest BCUT2D eigenvalue weighted by atomic mass is 9.95. The number of unbranched alkanes of at least 4 members (excludes halogenated alkanes) is 1. The number of hydrogen-bond donors (Lipinski definition) is 1. The molecule has 0 saturated carbocycles. The highest BCUT2D eigenvalue weighted by molar-refractivity contribution is 7.89. The van der Waals surface area contributed by atoms with Gasteiger partial charge in [0.15, 0.2) is 0 Å². The maximum absolute atomic E-state index is 12.7. The molecule has 6 nitrogen and oxygen atoms in total. The Hall–Kier alpha value is -1.44. The van der Waals surface area contributed by atoms with E-state index in [2.05, 4.69) is 12.2 Å². The summed E-state index contributed by atoms with van der Waals surface area (Å²) in [5, 5.41) is 2.88. The number of rotatable bonds is 10. The Balaban J connectivity index is 1.97. The zero-order chi connectivity index (χ0) is 19.0. The van der Waals surface area contributed by atoms with Crippen LogP contribution in [0.25, 0.3) is 0 Å². The number of amides is 1. The summed E-state index contributed by atoms with van der Waals surface area (Å²) in [6.45, 7) is 5.81. The summed E-state index contributed by atoms with van der Waals surface area (Å²) >= 11 is 0. The van der Waals surface area contributed by atoms with E-state index in [0.29, 0.717) is 19.6 Å². The van der Waals surface area contributed by atoms with Crippen molar-refractivity contribution in [2.24, 2.45) is 0 Å². The first-order valence-corrected chi connectivity index (χ1v) is 11.0. The molecule has 0 aromatic heterocycles. The number of carbonyl (C=O) groups excluding carboxylic acids is 1. The van der Waals surface area contributed by atoms with Crippen LogP contribution in [0.5, 0.6) is 0 Å². The van der Waals surface area contributed by atoms with Gasteiger partial charge < -0.3 is 10.1 Å². The van der Waals surface area contributed by atoms with Crippen molar-refractivity contribution >= 4 is 15.9 Å². The molecule has 146 valence electrons. The Morgan fingerprint density at radius 2 is 1.88 bits per heavy atom. The molecule has 26 heavy (non-hydrogen) atoms. The highest BCUT2D eigenvalue weighted by Gasteiger charge is 2.37. The Morgan fingerprint density at radius 3 is 2.58 bits per heavy atom. The number of nitrogens with one attached hydrogen (secondary N) is 1. The van der Waals surface area contributed by atoms with Crippen LogP contribution in [0.2, 0.25) is 0 Å². The lowest BCUT2D eigenvalue weighted by Crippen LogP contribution is -2.53. The first-order valence-electron chi connectivity index (χ1n) is 9.41. The third-order valence-corrected chi connectivity index (χ3v) is 6.46. The Bertz CT molecular complexity index is 691. The van der Waals surface area contributed by atoms with Gasteiger partial charge in [0.1, 0.15) is 6.04 Å². The molecule has 1 aromatic rings. The molecular formula is C19H30N2O4S. The number of hydrogen-bond acceptors (Lipinski definition) is 4. The van der Waals surface area contributed by atoms with Crippen LogP contribution in [-0.2, 0) is 32.5 Å². The largest absolute Gasteiger partial charge is 0.381 e. The van der Waals surface area contributed by atoms with Gasteiger partial charge in [0, 0.05) is 26.3 Å². The number of carbonyl (C=O) groups is 1. The molecule has 1 aliphatic rings. The van der Waals surface area contributed by atoms with Crippen molar-refractivity contribution in [3.8, 4) is 0 Å². The Labute approximate surface area is 157 Å².